The average Bonchev–Trinajstić information content (AvgIpc) is 3.15. The molecule has 5 nitrogen and oxygen atoms in total. The molecule has 0 radical (unpaired) electrons. The van der Waals surface area contributed by atoms with Gasteiger partial charge in [-0.3, -0.25) is 9.69 Å². The molecule has 31 heavy (non-hydrogen) atoms. The second-order valence-corrected chi connectivity index (χ2v) is 7.77. The number of nitrogens with one attached hydrogen (secondary N) is 1. The van der Waals surface area contributed by atoms with E-state index >= 15 is 0 Å². The number of benzene rings is 2. The minimum absolute atomic E-state index is 0.0856. The number of hydrogen-bond acceptors (Lipinski definition) is 3. The van der Waals surface area contributed by atoms with Gasteiger partial charge in [0.15, 0.2) is 0 Å². The molecule has 0 aliphatic carbocycles. The van der Waals surface area contributed by atoms with E-state index < -0.39 is 0 Å². The molecule has 1 amide bonds. The Balaban J connectivity index is 1.53. The zero-order chi connectivity index (χ0) is 21.6. The van der Waals surface area contributed by atoms with E-state index in [-0.39, 0.29) is 11.7 Å². The Hall–Kier alpha value is -2.96. The number of carbonyl (C=O) groups excluding carboxylic acids is 1. The third-order valence-electron chi connectivity index (χ3n) is 5.69. The predicted molar refractivity (Wildman–Crippen MR) is 120 cm³/mol. The first-order valence-electron chi connectivity index (χ1n) is 10.8. The highest BCUT2D eigenvalue weighted by molar-refractivity contribution is 5.97. The van der Waals surface area contributed by atoms with Gasteiger partial charge >= 0.3 is 0 Å². The number of ether oxygens (including phenoxy) is 1. The second-order valence-electron chi connectivity index (χ2n) is 7.77. The van der Waals surface area contributed by atoms with Crippen LogP contribution < -0.4 is 5.32 Å². The summed E-state index contributed by atoms with van der Waals surface area (Å²) in [5.41, 5.74) is 4.19. The van der Waals surface area contributed by atoms with E-state index in [1.807, 2.05) is 47.9 Å². The van der Waals surface area contributed by atoms with Crippen LogP contribution in [0.2, 0.25) is 0 Å². The molecule has 6 heteroatoms. The third kappa shape index (κ3) is 5.03. The van der Waals surface area contributed by atoms with Crippen molar-refractivity contribution in [2.45, 2.75) is 13.3 Å². The SMILES string of the molecule is Cc1c(C(=O)NCCCN2CCOCC2)cc(-c2ccccc2)n1-c1ccc(F)cc1. The number of morpholine rings is 1. The molecule has 0 saturated carbocycles. The molecule has 1 aliphatic rings. The molecular weight excluding hydrogens is 393 g/mol. The zero-order valence-corrected chi connectivity index (χ0v) is 17.8. The zero-order valence-electron chi connectivity index (χ0n) is 17.8. The maximum Gasteiger partial charge on any atom is 0.253 e. The summed E-state index contributed by atoms with van der Waals surface area (Å²) in [6.45, 7) is 6.97. The number of rotatable bonds is 7. The van der Waals surface area contributed by atoms with E-state index in [9.17, 15) is 9.18 Å². The molecule has 1 N–H and O–H groups in total. The Morgan fingerprint density at radius 2 is 1.77 bits per heavy atom. The van der Waals surface area contributed by atoms with Gasteiger partial charge in [-0.25, -0.2) is 4.39 Å². The second kappa shape index (κ2) is 9.90. The van der Waals surface area contributed by atoms with Crippen molar-refractivity contribution in [3.05, 3.63) is 77.7 Å². The summed E-state index contributed by atoms with van der Waals surface area (Å²) in [5.74, 6) is -0.370. The number of nitrogens with zero attached hydrogens (tertiary/aromatic N) is 2. The van der Waals surface area contributed by atoms with Crippen LogP contribution in [0.1, 0.15) is 22.5 Å². The molecule has 2 aromatic carbocycles. The summed E-state index contributed by atoms with van der Waals surface area (Å²) >= 11 is 0. The molecule has 0 unspecified atom stereocenters. The van der Waals surface area contributed by atoms with Gasteiger partial charge in [-0.05, 0) is 55.8 Å². The van der Waals surface area contributed by atoms with Crippen LogP contribution in [0.25, 0.3) is 16.9 Å². The van der Waals surface area contributed by atoms with E-state index in [1.54, 1.807) is 12.1 Å². The van der Waals surface area contributed by atoms with Gasteiger partial charge in [-0.15, -0.1) is 0 Å². The van der Waals surface area contributed by atoms with Gasteiger partial charge in [-0.1, -0.05) is 30.3 Å². The van der Waals surface area contributed by atoms with E-state index in [0.717, 1.165) is 61.9 Å². The predicted octanol–water partition coefficient (Wildman–Crippen LogP) is 4.04. The number of amides is 1. The molecule has 162 valence electrons. The Bertz CT molecular complexity index is 1010. The van der Waals surface area contributed by atoms with Gasteiger partial charge in [0.2, 0.25) is 0 Å². The van der Waals surface area contributed by atoms with Crippen molar-refractivity contribution in [3.8, 4) is 16.9 Å². The summed E-state index contributed by atoms with van der Waals surface area (Å²) in [6, 6.07) is 18.2. The summed E-state index contributed by atoms with van der Waals surface area (Å²) in [7, 11) is 0. The first-order valence-corrected chi connectivity index (χ1v) is 10.8. The molecule has 0 spiro atoms. The van der Waals surface area contributed by atoms with Crippen LogP contribution in [0.15, 0.2) is 60.7 Å². The van der Waals surface area contributed by atoms with Gasteiger partial charge < -0.3 is 14.6 Å². The van der Waals surface area contributed by atoms with Crippen LogP contribution in [0.5, 0.6) is 0 Å². The fourth-order valence-electron chi connectivity index (χ4n) is 4.01. The van der Waals surface area contributed by atoms with Crippen LogP contribution in [-0.2, 0) is 4.74 Å². The summed E-state index contributed by atoms with van der Waals surface area (Å²) in [5, 5.41) is 3.06. The van der Waals surface area contributed by atoms with Gasteiger partial charge in [0.05, 0.1) is 24.5 Å². The highest BCUT2D eigenvalue weighted by Gasteiger charge is 2.19. The fraction of sp³-hybridized carbons (Fsp3) is 0.320. The normalized spacial score (nSPS) is 14.5. The quantitative estimate of drug-likeness (QED) is 0.586. The summed E-state index contributed by atoms with van der Waals surface area (Å²) in [4.78, 5) is 15.3. The average molecular weight is 422 g/mol. The number of carbonyl (C=O) groups is 1. The summed E-state index contributed by atoms with van der Waals surface area (Å²) < 4.78 is 20.9. The Morgan fingerprint density at radius 1 is 1.06 bits per heavy atom. The van der Waals surface area contributed by atoms with Gasteiger partial charge in [0, 0.05) is 31.0 Å². The Labute approximate surface area is 182 Å². The first kappa shape index (κ1) is 21.3. The molecule has 1 saturated heterocycles. The number of hydrogen-bond donors (Lipinski definition) is 1. The van der Waals surface area contributed by atoms with E-state index in [0.29, 0.717) is 12.1 Å². The van der Waals surface area contributed by atoms with Gasteiger partial charge in [0.1, 0.15) is 5.82 Å². The molecule has 1 aromatic heterocycles. The van der Waals surface area contributed by atoms with Crippen molar-refractivity contribution >= 4 is 5.91 Å². The molecule has 1 aliphatic heterocycles. The van der Waals surface area contributed by atoms with Crippen molar-refractivity contribution in [3.63, 3.8) is 0 Å². The third-order valence-corrected chi connectivity index (χ3v) is 5.69. The molecule has 1 fully saturated rings. The van der Waals surface area contributed by atoms with E-state index in [2.05, 4.69) is 10.2 Å². The van der Waals surface area contributed by atoms with Gasteiger partial charge in [0.25, 0.3) is 5.91 Å². The highest BCUT2D eigenvalue weighted by Crippen LogP contribution is 2.29. The largest absolute Gasteiger partial charge is 0.379 e. The van der Waals surface area contributed by atoms with E-state index in [1.165, 1.54) is 12.1 Å². The van der Waals surface area contributed by atoms with Crippen LogP contribution in [0.3, 0.4) is 0 Å². The monoisotopic (exact) mass is 421 g/mol. The van der Waals surface area contributed by atoms with Crippen LogP contribution >= 0.6 is 0 Å². The lowest BCUT2D eigenvalue weighted by Crippen LogP contribution is -2.38. The van der Waals surface area contributed by atoms with E-state index in [4.69, 9.17) is 4.74 Å². The minimum atomic E-state index is -0.284. The highest BCUT2D eigenvalue weighted by atomic mass is 19.1. The molecular formula is C25H28FN3O2. The van der Waals surface area contributed by atoms with Crippen molar-refractivity contribution < 1.29 is 13.9 Å². The van der Waals surface area contributed by atoms with Crippen molar-refractivity contribution in [1.82, 2.24) is 14.8 Å². The number of halogens is 1. The van der Waals surface area contributed by atoms with Gasteiger partial charge in [-0.2, -0.15) is 0 Å². The molecule has 3 aromatic rings. The van der Waals surface area contributed by atoms with Crippen LogP contribution in [0, 0.1) is 12.7 Å². The molecule has 4 rings (SSSR count). The minimum Gasteiger partial charge on any atom is -0.379 e. The lowest BCUT2D eigenvalue weighted by Gasteiger charge is -2.26. The number of aromatic nitrogens is 1. The standard InChI is InChI=1S/C25H28FN3O2/c1-19-23(25(30)27-12-5-13-28-14-16-31-17-15-28)18-24(20-6-3-2-4-7-20)29(19)22-10-8-21(26)9-11-22/h2-4,6-11,18H,5,12-17H2,1H3,(H,27,30). The molecule has 0 bridgehead atoms. The maximum absolute atomic E-state index is 13.5. The Kier molecular flexibility index (Phi) is 6.79. The topological polar surface area (TPSA) is 46.5 Å². The smallest absolute Gasteiger partial charge is 0.253 e. The van der Waals surface area contributed by atoms with Crippen LogP contribution in [-0.4, -0.2) is 54.8 Å². The fourth-order valence-corrected chi connectivity index (χ4v) is 4.01. The van der Waals surface area contributed by atoms with Crippen molar-refractivity contribution in [2.75, 3.05) is 39.4 Å². The van der Waals surface area contributed by atoms with Crippen molar-refractivity contribution in [1.29, 1.82) is 0 Å². The molecule has 0 atom stereocenters. The van der Waals surface area contributed by atoms with Crippen molar-refractivity contribution in [2.24, 2.45) is 0 Å². The lowest BCUT2D eigenvalue weighted by molar-refractivity contribution is 0.0374. The maximum atomic E-state index is 13.5. The lowest BCUT2D eigenvalue weighted by atomic mass is 10.1. The molecule has 2 heterocycles. The Morgan fingerprint density at radius 3 is 2.48 bits per heavy atom. The first-order chi connectivity index (χ1) is 15.1. The summed E-state index contributed by atoms with van der Waals surface area (Å²) in [6.07, 6.45) is 0.898. The van der Waals surface area contributed by atoms with Crippen LogP contribution in [0.4, 0.5) is 4.39 Å².